The van der Waals surface area contributed by atoms with Gasteiger partial charge in [-0.2, -0.15) is 5.10 Å². The van der Waals surface area contributed by atoms with Gasteiger partial charge in [-0.15, -0.1) is 0 Å². The number of aromatic nitrogens is 3. The number of imidazole rings is 1. The summed E-state index contributed by atoms with van der Waals surface area (Å²) in [6.07, 6.45) is 6.70. The van der Waals surface area contributed by atoms with E-state index in [-0.39, 0.29) is 11.8 Å². The largest absolute Gasteiger partial charge is 0.368 e. The standard InChI is InChI=1S/C15H12FN5/c16-13-5-3-11(4-6-13)8-19-21-10-14(20-15(21)17)12-2-1-7-18-9-12/h1-10H,(H2,17,20)/b19-8+. The fourth-order valence-electron chi connectivity index (χ4n) is 1.81. The van der Waals surface area contributed by atoms with Crippen molar-refractivity contribution < 1.29 is 4.39 Å². The van der Waals surface area contributed by atoms with Gasteiger partial charge in [0, 0.05) is 18.0 Å². The van der Waals surface area contributed by atoms with E-state index >= 15 is 0 Å². The van der Waals surface area contributed by atoms with E-state index in [1.54, 1.807) is 36.9 Å². The molecule has 0 amide bonds. The molecule has 1 aromatic carbocycles. The first-order valence-electron chi connectivity index (χ1n) is 6.27. The van der Waals surface area contributed by atoms with Crippen LogP contribution in [0.3, 0.4) is 0 Å². The zero-order chi connectivity index (χ0) is 14.7. The maximum atomic E-state index is 12.8. The van der Waals surface area contributed by atoms with E-state index in [2.05, 4.69) is 15.1 Å². The van der Waals surface area contributed by atoms with Crippen molar-refractivity contribution in [1.29, 1.82) is 0 Å². The van der Waals surface area contributed by atoms with Crippen molar-refractivity contribution in [2.45, 2.75) is 0 Å². The molecular weight excluding hydrogens is 269 g/mol. The highest BCUT2D eigenvalue weighted by Gasteiger charge is 2.05. The van der Waals surface area contributed by atoms with Crippen molar-refractivity contribution in [3.05, 3.63) is 66.4 Å². The Morgan fingerprint density at radius 3 is 2.71 bits per heavy atom. The topological polar surface area (TPSA) is 69.1 Å². The number of nitrogens with zero attached hydrogens (tertiary/aromatic N) is 4. The smallest absolute Gasteiger partial charge is 0.221 e. The molecule has 0 aliphatic rings. The first-order valence-corrected chi connectivity index (χ1v) is 6.27. The van der Waals surface area contributed by atoms with E-state index in [1.807, 2.05) is 12.1 Å². The number of hydrogen-bond donors (Lipinski definition) is 1. The lowest BCUT2D eigenvalue weighted by Crippen LogP contribution is -1.96. The number of benzene rings is 1. The first-order chi connectivity index (χ1) is 10.2. The zero-order valence-corrected chi connectivity index (χ0v) is 11.0. The number of hydrogen-bond acceptors (Lipinski definition) is 4. The van der Waals surface area contributed by atoms with Crippen LogP contribution < -0.4 is 5.73 Å². The van der Waals surface area contributed by atoms with Crippen molar-refractivity contribution in [3.8, 4) is 11.3 Å². The van der Waals surface area contributed by atoms with Gasteiger partial charge in [0.2, 0.25) is 5.95 Å². The summed E-state index contributed by atoms with van der Waals surface area (Å²) in [7, 11) is 0. The minimum absolute atomic E-state index is 0.271. The molecule has 0 saturated heterocycles. The molecule has 0 saturated carbocycles. The second-order valence-electron chi connectivity index (χ2n) is 4.37. The lowest BCUT2D eigenvalue weighted by atomic mass is 10.2. The molecule has 21 heavy (non-hydrogen) atoms. The van der Waals surface area contributed by atoms with Gasteiger partial charge in [0.1, 0.15) is 5.82 Å². The molecule has 3 aromatic rings. The van der Waals surface area contributed by atoms with Crippen LogP contribution in [0.25, 0.3) is 11.3 Å². The van der Waals surface area contributed by atoms with Crippen LogP contribution in [0, 0.1) is 5.82 Å². The lowest BCUT2D eigenvalue weighted by Gasteiger charge is -1.95. The van der Waals surface area contributed by atoms with E-state index < -0.39 is 0 Å². The number of pyridine rings is 1. The van der Waals surface area contributed by atoms with Crippen LogP contribution in [0.2, 0.25) is 0 Å². The molecule has 0 unspecified atom stereocenters. The summed E-state index contributed by atoms with van der Waals surface area (Å²) in [6.45, 7) is 0. The Bertz CT molecular complexity index is 763. The van der Waals surface area contributed by atoms with E-state index in [0.717, 1.165) is 11.1 Å². The average molecular weight is 281 g/mol. The fourth-order valence-corrected chi connectivity index (χ4v) is 1.81. The number of rotatable bonds is 3. The van der Waals surface area contributed by atoms with Gasteiger partial charge in [0.15, 0.2) is 0 Å². The highest BCUT2D eigenvalue weighted by molar-refractivity contribution is 5.79. The molecule has 0 spiro atoms. The quantitative estimate of drug-likeness (QED) is 0.750. The van der Waals surface area contributed by atoms with Gasteiger partial charge < -0.3 is 5.73 Å². The molecule has 0 bridgehead atoms. The highest BCUT2D eigenvalue weighted by atomic mass is 19.1. The third kappa shape index (κ3) is 2.94. The molecule has 5 nitrogen and oxygen atoms in total. The predicted octanol–water partition coefficient (Wildman–Crippen LogP) is 2.55. The molecule has 6 heteroatoms. The average Bonchev–Trinajstić information content (AvgIpc) is 2.89. The van der Waals surface area contributed by atoms with Crippen LogP contribution >= 0.6 is 0 Å². The third-order valence-corrected chi connectivity index (χ3v) is 2.87. The molecule has 0 aliphatic heterocycles. The van der Waals surface area contributed by atoms with Crippen LogP contribution in [0.5, 0.6) is 0 Å². The lowest BCUT2D eigenvalue weighted by molar-refractivity contribution is 0.628. The molecule has 2 heterocycles. The molecule has 0 atom stereocenters. The molecule has 2 N–H and O–H groups in total. The van der Waals surface area contributed by atoms with Crippen LogP contribution in [-0.2, 0) is 0 Å². The summed E-state index contributed by atoms with van der Waals surface area (Å²) >= 11 is 0. The number of nitrogens with two attached hydrogens (primary N) is 1. The summed E-state index contributed by atoms with van der Waals surface area (Å²) in [5.74, 6) is -0.0135. The molecule has 104 valence electrons. The number of nitrogen functional groups attached to an aromatic ring is 1. The monoisotopic (exact) mass is 281 g/mol. The Morgan fingerprint density at radius 2 is 2.00 bits per heavy atom. The Hall–Kier alpha value is -3.02. The summed E-state index contributed by atoms with van der Waals surface area (Å²) in [5.41, 5.74) is 8.15. The summed E-state index contributed by atoms with van der Waals surface area (Å²) in [4.78, 5) is 8.27. The normalized spacial score (nSPS) is 11.1. The summed E-state index contributed by atoms with van der Waals surface area (Å²) < 4.78 is 14.3. The van der Waals surface area contributed by atoms with Gasteiger partial charge in [-0.05, 0) is 29.8 Å². The molecule has 0 fully saturated rings. The van der Waals surface area contributed by atoms with Crippen LogP contribution in [0.4, 0.5) is 10.3 Å². The number of halogens is 1. The van der Waals surface area contributed by atoms with Gasteiger partial charge in [0.25, 0.3) is 0 Å². The first kappa shape index (κ1) is 13.0. The predicted molar refractivity (Wildman–Crippen MR) is 79.3 cm³/mol. The Labute approximate surface area is 120 Å². The zero-order valence-electron chi connectivity index (χ0n) is 11.0. The van der Waals surface area contributed by atoms with Gasteiger partial charge in [-0.1, -0.05) is 12.1 Å². The van der Waals surface area contributed by atoms with Crippen molar-refractivity contribution in [2.24, 2.45) is 5.10 Å². The van der Waals surface area contributed by atoms with E-state index in [0.29, 0.717) is 5.69 Å². The van der Waals surface area contributed by atoms with E-state index in [9.17, 15) is 4.39 Å². The van der Waals surface area contributed by atoms with Gasteiger partial charge >= 0.3 is 0 Å². The van der Waals surface area contributed by atoms with Crippen LogP contribution in [0.15, 0.2) is 60.1 Å². The molecule has 3 rings (SSSR count). The number of anilines is 1. The fraction of sp³-hybridized carbons (Fsp3) is 0. The summed E-state index contributed by atoms with van der Waals surface area (Å²) in [6, 6.07) is 9.73. The minimum Gasteiger partial charge on any atom is -0.368 e. The van der Waals surface area contributed by atoms with Crippen molar-refractivity contribution in [1.82, 2.24) is 14.6 Å². The second-order valence-corrected chi connectivity index (χ2v) is 4.37. The Balaban J connectivity index is 1.86. The minimum atomic E-state index is -0.284. The van der Waals surface area contributed by atoms with Crippen molar-refractivity contribution >= 4 is 12.2 Å². The molecule has 0 aliphatic carbocycles. The van der Waals surface area contributed by atoms with Crippen LogP contribution in [-0.4, -0.2) is 20.9 Å². The van der Waals surface area contributed by atoms with Crippen molar-refractivity contribution in [2.75, 3.05) is 5.73 Å². The Morgan fingerprint density at radius 1 is 1.19 bits per heavy atom. The van der Waals surface area contributed by atoms with Gasteiger partial charge in [0.05, 0.1) is 18.1 Å². The van der Waals surface area contributed by atoms with Gasteiger partial charge in [-0.25, -0.2) is 14.1 Å². The van der Waals surface area contributed by atoms with E-state index in [1.165, 1.54) is 16.8 Å². The second kappa shape index (κ2) is 5.54. The highest BCUT2D eigenvalue weighted by Crippen LogP contribution is 2.18. The molecule has 0 radical (unpaired) electrons. The van der Waals surface area contributed by atoms with Gasteiger partial charge in [-0.3, -0.25) is 4.98 Å². The maximum Gasteiger partial charge on any atom is 0.221 e. The summed E-state index contributed by atoms with van der Waals surface area (Å²) in [5, 5.41) is 4.21. The van der Waals surface area contributed by atoms with Crippen LogP contribution in [0.1, 0.15) is 5.56 Å². The molecular formula is C15H12FN5. The van der Waals surface area contributed by atoms with Crippen molar-refractivity contribution in [3.63, 3.8) is 0 Å². The third-order valence-electron chi connectivity index (χ3n) is 2.87. The maximum absolute atomic E-state index is 12.8. The molecule has 2 aromatic heterocycles. The Kier molecular flexibility index (Phi) is 3.42. The SMILES string of the molecule is Nc1nc(-c2cccnc2)cn1/N=C/c1ccc(F)cc1. The van der Waals surface area contributed by atoms with E-state index in [4.69, 9.17) is 5.73 Å².